The number of anilines is 1. The summed E-state index contributed by atoms with van der Waals surface area (Å²) in [6.45, 7) is 2.94. The van der Waals surface area contributed by atoms with Crippen molar-refractivity contribution in [2.45, 2.75) is 6.92 Å². The van der Waals surface area contributed by atoms with E-state index in [1.807, 2.05) is 23.8 Å². The molecule has 8 nitrogen and oxygen atoms in total. The second-order valence-electron chi connectivity index (χ2n) is 5.02. The summed E-state index contributed by atoms with van der Waals surface area (Å²) in [6, 6.07) is 5.18. The maximum Gasteiger partial charge on any atom is 0.251 e. The molecule has 0 bridgehead atoms. The number of aryl methyl sites for hydroxylation is 1. The number of aromatic nitrogens is 5. The van der Waals surface area contributed by atoms with Gasteiger partial charge >= 0.3 is 0 Å². The smallest absolute Gasteiger partial charge is 0.251 e. The summed E-state index contributed by atoms with van der Waals surface area (Å²) >= 11 is 0. The van der Waals surface area contributed by atoms with Gasteiger partial charge in [-0.15, -0.1) is 0 Å². The predicted octanol–water partition coefficient (Wildman–Crippen LogP) is 1.21. The zero-order valence-electron chi connectivity index (χ0n) is 13.2. The third kappa shape index (κ3) is 3.72. The van der Waals surface area contributed by atoms with Crippen molar-refractivity contribution in [2.24, 2.45) is 0 Å². The molecule has 0 unspecified atom stereocenters. The Morgan fingerprint density at radius 1 is 1.12 bits per heavy atom. The normalized spacial score (nSPS) is 10.4. The van der Waals surface area contributed by atoms with Crippen LogP contribution in [-0.2, 0) is 0 Å². The maximum absolute atomic E-state index is 11.9. The standard InChI is InChI=1S/C16H17N7O/c1-12-18-8-9-23(12)15-10-14(21-11-22-15)19-6-7-20-16(24)13-2-4-17-5-3-13/h2-5,8-11H,6-7H2,1H3,(H,20,24)(H,19,21,22). The highest BCUT2D eigenvalue weighted by Gasteiger charge is 2.05. The lowest BCUT2D eigenvalue weighted by Gasteiger charge is -2.09. The molecule has 0 aliphatic heterocycles. The third-order valence-corrected chi connectivity index (χ3v) is 3.38. The van der Waals surface area contributed by atoms with Gasteiger partial charge in [0.1, 0.15) is 23.8 Å². The summed E-state index contributed by atoms with van der Waals surface area (Å²) in [6.07, 6.45) is 8.24. The highest BCUT2D eigenvalue weighted by Crippen LogP contribution is 2.10. The Morgan fingerprint density at radius 3 is 2.71 bits per heavy atom. The molecule has 0 saturated carbocycles. The molecular formula is C16H17N7O. The molecule has 0 saturated heterocycles. The van der Waals surface area contributed by atoms with Crippen molar-refractivity contribution in [3.05, 3.63) is 60.7 Å². The zero-order valence-corrected chi connectivity index (χ0v) is 13.2. The van der Waals surface area contributed by atoms with Crippen LogP contribution in [0.15, 0.2) is 49.3 Å². The summed E-state index contributed by atoms with van der Waals surface area (Å²) in [5.41, 5.74) is 0.588. The largest absolute Gasteiger partial charge is 0.368 e. The molecule has 0 fully saturated rings. The average Bonchev–Trinajstić information content (AvgIpc) is 3.05. The van der Waals surface area contributed by atoms with Crippen LogP contribution in [0.1, 0.15) is 16.2 Å². The van der Waals surface area contributed by atoms with E-state index in [0.717, 1.165) is 11.6 Å². The van der Waals surface area contributed by atoms with E-state index in [9.17, 15) is 4.79 Å². The SMILES string of the molecule is Cc1nccn1-c1cc(NCCNC(=O)c2ccncc2)ncn1. The molecule has 3 heterocycles. The highest BCUT2D eigenvalue weighted by atomic mass is 16.1. The van der Waals surface area contributed by atoms with E-state index in [1.54, 1.807) is 30.7 Å². The van der Waals surface area contributed by atoms with Gasteiger partial charge in [0.2, 0.25) is 0 Å². The molecule has 0 aliphatic rings. The summed E-state index contributed by atoms with van der Waals surface area (Å²) < 4.78 is 1.87. The number of hydrogen-bond acceptors (Lipinski definition) is 6. The second-order valence-corrected chi connectivity index (χ2v) is 5.02. The molecule has 0 aromatic carbocycles. The minimum atomic E-state index is -0.128. The number of rotatable bonds is 6. The van der Waals surface area contributed by atoms with Crippen LogP contribution in [0.4, 0.5) is 5.82 Å². The lowest BCUT2D eigenvalue weighted by molar-refractivity contribution is 0.0955. The molecule has 3 aromatic heterocycles. The Labute approximate surface area is 139 Å². The van der Waals surface area contributed by atoms with Gasteiger partial charge in [-0.2, -0.15) is 0 Å². The Balaban J connectivity index is 1.52. The van der Waals surface area contributed by atoms with Crippen molar-refractivity contribution in [1.29, 1.82) is 0 Å². The van der Waals surface area contributed by atoms with Crippen LogP contribution in [0, 0.1) is 6.92 Å². The third-order valence-electron chi connectivity index (χ3n) is 3.38. The Hall–Kier alpha value is -3.29. The molecule has 0 atom stereocenters. The van der Waals surface area contributed by atoms with Crippen LogP contribution in [0.5, 0.6) is 0 Å². The van der Waals surface area contributed by atoms with E-state index in [0.29, 0.717) is 24.5 Å². The molecule has 0 aliphatic carbocycles. The Morgan fingerprint density at radius 2 is 1.96 bits per heavy atom. The lowest BCUT2D eigenvalue weighted by Crippen LogP contribution is -2.28. The first-order chi connectivity index (χ1) is 11.7. The second kappa shape index (κ2) is 7.32. The van der Waals surface area contributed by atoms with Gasteiger partial charge in [-0.05, 0) is 19.1 Å². The molecule has 0 spiro atoms. The van der Waals surface area contributed by atoms with Gasteiger partial charge in [-0.25, -0.2) is 15.0 Å². The van der Waals surface area contributed by atoms with Crippen LogP contribution >= 0.6 is 0 Å². The van der Waals surface area contributed by atoms with Gasteiger partial charge in [-0.3, -0.25) is 14.3 Å². The van der Waals surface area contributed by atoms with E-state index in [2.05, 4.69) is 30.6 Å². The molecule has 122 valence electrons. The highest BCUT2D eigenvalue weighted by molar-refractivity contribution is 5.93. The van der Waals surface area contributed by atoms with Crippen molar-refractivity contribution in [1.82, 2.24) is 29.8 Å². The summed E-state index contributed by atoms with van der Waals surface area (Å²) in [5.74, 6) is 2.15. The van der Waals surface area contributed by atoms with Gasteiger partial charge in [0.25, 0.3) is 5.91 Å². The number of carbonyl (C=O) groups is 1. The van der Waals surface area contributed by atoms with Crippen LogP contribution in [0.2, 0.25) is 0 Å². The molecule has 0 radical (unpaired) electrons. The van der Waals surface area contributed by atoms with Crippen molar-refractivity contribution >= 4 is 11.7 Å². The van der Waals surface area contributed by atoms with E-state index >= 15 is 0 Å². The van der Waals surface area contributed by atoms with E-state index in [4.69, 9.17) is 0 Å². The zero-order chi connectivity index (χ0) is 16.8. The minimum absolute atomic E-state index is 0.128. The summed E-state index contributed by atoms with van der Waals surface area (Å²) in [4.78, 5) is 28.4. The molecule has 3 rings (SSSR count). The Kier molecular flexibility index (Phi) is 4.76. The van der Waals surface area contributed by atoms with Crippen LogP contribution < -0.4 is 10.6 Å². The first-order valence-electron chi connectivity index (χ1n) is 7.48. The van der Waals surface area contributed by atoms with E-state index in [-0.39, 0.29) is 5.91 Å². The quantitative estimate of drug-likeness (QED) is 0.662. The number of nitrogens with zero attached hydrogens (tertiary/aromatic N) is 5. The van der Waals surface area contributed by atoms with Crippen molar-refractivity contribution in [3.63, 3.8) is 0 Å². The number of imidazole rings is 1. The Bertz CT molecular complexity index is 816. The maximum atomic E-state index is 11.9. The topological polar surface area (TPSA) is 97.6 Å². The molecular weight excluding hydrogens is 306 g/mol. The van der Waals surface area contributed by atoms with Gasteiger partial charge < -0.3 is 10.6 Å². The monoisotopic (exact) mass is 323 g/mol. The fraction of sp³-hybridized carbons (Fsp3) is 0.188. The number of pyridine rings is 1. The number of amides is 1. The molecule has 24 heavy (non-hydrogen) atoms. The molecule has 2 N–H and O–H groups in total. The minimum Gasteiger partial charge on any atom is -0.368 e. The first-order valence-corrected chi connectivity index (χ1v) is 7.48. The number of carbonyl (C=O) groups excluding carboxylic acids is 1. The van der Waals surface area contributed by atoms with Gasteiger partial charge in [0.05, 0.1) is 0 Å². The number of nitrogens with one attached hydrogen (secondary N) is 2. The predicted molar refractivity (Wildman–Crippen MR) is 89.0 cm³/mol. The summed E-state index contributed by atoms with van der Waals surface area (Å²) in [7, 11) is 0. The van der Waals surface area contributed by atoms with Crippen molar-refractivity contribution < 1.29 is 4.79 Å². The lowest BCUT2D eigenvalue weighted by atomic mass is 10.2. The van der Waals surface area contributed by atoms with E-state index in [1.165, 1.54) is 6.33 Å². The van der Waals surface area contributed by atoms with Gasteiger partial charge in [-0.1, -0.05) is 0 Å². The van der Waals surface area contributed by atoms with Crippen molar-refractivity contribution in [3.8, 4) is 5.82 Å². The fourth-order valence-electron chi connectivity index (χ4n) is 2.17. The van der Waals surface area contributed by atoms with Crippen LogP contribution in [-0.4, -0.2) is 43.5 Å². The molecule has 3 aromatic rings. The molecule has 1 amide bonds. The number of hydrogen-bond donors (Lipinski definition) is 2. The first kappa shape index (κ1) is 15.6. The average molecular weight is 323 g/mol. The fourth-order valence-corrected chi connectivity index (χ4v) is 2.17. The van der Waals surface area contributed by atoms with Crippen molar-refractivity contribution in [2.75, 3.05) is 18.4 Å². The summed E-state index contributed by atoms with van der Waals surface area (Å²) in [5, 5.41) is 5.99. The van der Waals surface area contributed by atoms with Crippen LogP contribution in [0.3, 0.4) is 0 Å². The van der Waals surface area contributed by atoms with Gasteiger partial charge in [0.15, 0.2) is 0 Å². The van der Waals surface area contributed by atoms with Gasteiger partial charge in [0, 0.05) is 49.5 Å². The molecule has 8 heteroatoms. The van der Waals surface area contributed by atoms with Crippen LogP contribution in [0.25, 0.3) is 5.82 Å². The van der Waals surface area contributed by atoms with E-state index < -0.39 is 0 Å².